The number of sulfonamides is 1. The van der Waals surface area contributed by atoms with Gasteiger partial charge in [-0.3, -0.25) is 24.3 Å². The number of aromatic nitrogens is 1. The molecule has 54 heavy (non-hydrogen) atoms. The molecule has 5 amide bonds. The largest absolute Gasteiger partial charge is 0.444 e. The molecule has 2 fully saturated rings. The van der Waals surface area contributed by atoms with Gasteiger partial charge < -0.3 is 25.0 Å². The number of alkyl carbamates (subject to hydrolysis) is 1. The summed E-state index contributed by atoms with van der Waals surface area (Å²) in [5.41, 5.74) is -0.531. The third-order valence-corrected chi connectivity index (χ3v) is 11.8. The van der Waals surface area contributed by atoms with Gasteiger partial charge in [0.2, 0.25) is 11.8 Å². The Hall–Kier alpha value is -4.70. The number of halogens is 1. The van der Waals surface area contributed by atoms with Gasteiger partial charge in [-0.15, -0.1) is 0 Å². The molecule has 1 aliphatic carbocycles. The lowest BCUT2D eigenvalue weighted by Gasteiger charge is -2.30. The summed E-state index contributed by atoms with van der Waals surface area (Å²) in [6, 6.07) is 6.60. The van der Waals surface area contributed by atoms with Gasteiger partial charge in [-0.1, -0.05) is 60.9 Å². The van der Waals surface area contributed by atoms with Crippen LogP contribution in [0.2, 0.25) is 5.02 Å². The first-order valence-electron chi connectivity index (χ1n) is 18.0. The van der Waals surface area contributed by atoms with Gasteiger partial charge in [-0.05, 0) is 63.6 Å². The van der Waals surface area contributed by atoms with Crippen molar-refractivity contribution in [3.8, 4) is 0 Å². The van der Waals surface area contributed by atoms with Crippen molar-refractivity contribution < 1.29 is 41.9 Å². The van der Waals surface area contributed by atoms with Gasteiger partial charge >= 0.3 is 12.2 Å². The van der Waals surface area contributed by atoms with Crippen molar-refractivity contribution in [2.75, 3.05) is 6.54 Å². The Labute approximate surface area is 319 Å². The fourth-order valence-electron chi connectivity index (χ4n) is 7.12. The summed E-state index contributed by atoms with van der Waals surface area (Å²) in [5.74, 6) is -2.86. The molecule has 3 N–H and O–H groups in total. The minimum Gasteiger partial charge on any atom is -0.444 e. The zero-order chi connectivity index (χ0) is 38.8. The van der Waals surface area contributed by atoms with Crippen LogP contribution in [0.1, 0.15) is 76.8 Å². The van der Waals surface area contributed by atoms with Crippen molar-refractivity contribution in [1.29, 1.82) is 0 Å². The molecule has 4 aliphatic rings. The summed E-state index contributed by atoms with van der Waals surface area (Å²) < 4.78 is 40.0. The maximum Gasteiger partial charge on any atom is 0.410 e. The molecular weight excluding hydrogens is 740 g/mol. The molecule has 15 nitrogen and oxygen atoms in total. The van der Waals surface area contributed by atoms with Crippen molar-refractivity contribution in [2.24, 2.45) is 5.92 Å². The van der Waals surface area contributed by atoms with Crippen LogP contribution in [0.5, 0.6) is 0 Å². The van der Waals surface area contributed by atoms with Crippen LogP contribution in [0.4, 0.5) is 9.59 Å². The molecule has 0 bridgehead atoms. The molecule has 0 radical (unpaired) electrons. The van der Waals surface area contributed by atoms with Crippen molar-refractivity contribution in [3.05, 3.63) is 71.0 Å². The van der Waals surface area contributed by atoms with Gasteiger partial charge in [0, 0.05) is 37.8 Å². The first-order valence-corrected chi connectivity index (χ1v) is 19.9. The average Bonchev–Trinajstić information content (AvgIpc) is 3.40. The van der Waals surface area contributed by atoms with Crippen LogP contribution >= 0.6 is 11.6 Å². The van der Waals surface area contributed by atoms with Gasteiger partial charge in [-0.2, -0.15) is 0 Å². The molecule has 4 heterocycles. The number of benzene rings is 1. The van der Waals surface area contributed by atoms with Gasteiger partial charge in [0.15, 0.2) is 0 Å². The SMILES string of the molecule is CC(C)(C)OC(=O)N[C@H]1CCCCC/C=C\[C@H]2C[C@]2(C(=O)NS(=O)(=O)c2cnccc2Cl)NC(=O)[C@@H]2C[C@@H](OC(=O)N3Cc4ccccc4C3)CN2C1=O. The summed E-state index contributed by atoms with van der Waals surface area (Å²) in [5, 5.41) is 5.31. The van der Waals surface area contributed by atoms with E-state index in [1.807, 2.05) is 30.3 Å². The molecule has 1 saturated heterocycles. The molecule has 0 unspecified atom stereocenters. The lowest BCUT2D eigenvalue weighted by molar-refractivity contribution is -0.141. The Morgan fingerprint density at radius 3 is 2.46 bits per heavy atom. The van der Waals surface area contributed by atoms with E-state index in [2.05, 4.69) is 20.3 Å². The molecule has 6 rings (SSSR count). The van der Waals surface area contributed by atoms with Crippen LogP contribution in [0.25, 0.3) is 0 Å². The number of hydrogen-bond acceptors (Lipinski definition) is 10. The molecule has 1 aromatic heterocycles. The minimum absolute atomic E-state index is 0.0921. The third kappa shape index (κ3) is 8.81. The maximum absolute atomic E-state index is 14.4. The van der Waals surface area contributed by atoms with E-state index in [0.29, 0.717) is 32.4 Å². The number of amides is 5. The standard InChI is InChI=1S/C37H45ClN6O9S/c1-36(2,3)53-34(48)40-28-14-8-6-4-5-7-13-25-18-37(25,33(47)42-54(50,51)30-19-39-16-15-27(30)38)41-31(45)29-17-26(22-44(29)32(28)46)52-35(49)43-20-23-11-9-10-12-24(23)21-43/h7,9-13,15-16,19,25-26,28-29H,4-6,8,14,17-18,20-22H2,1-3H3,(H,40,48)(H,41,45)(H,42,47)/b13-7-/t25-,26+,28-,29-,37-/m0/s1. The molecular formula is C37H45ClN6O9S. The second-order valence-corrected chi connectivity index (χ2v) is 17.2. The number of nitrogens with one attached hydrogen (secondary N) is 3. The van der Waals surface area contributed by atoms with E-state index in [9.17, 15) is 32.4 Å². The zero-order valence-corrected chi connectivity index (χ0v) is 32.0. The van der Waals surface area contributed by atoms with E-state index in [4.69, 9.17) is 21.1 Å². The van der Waals surface area contributed by atoms with E-state index in [-0.39, 0.29) is 30.8 Å². The average molecular weight is 785 g/mol. The van der Waals surface area contributed by atoms with Crippen LogP contribution in [0.15, 0.2) is 59.8 Å². The van der Waals surface area contributed by atoms with Crippen LogP contribution in [-0.2, 0) is 47.0 Å². The molecule has 3 aliphatic heterocycles. The molecule has 17 heteroatoms. The lowest BCUT2D eigenvalue weighted by atomic mass is 10.0. The van der Waals surface area contributed by atoms with Gasteiger partial charge in [0.05, 0.1) is 11.6 Å². The zero-order valence-electron chi connectivity index (χ0n) is 30.4. The number of carbonyl (C=O) groups excluding carboxylic acids is 5. The van der Waals surface area contributed by atoms with Crippen molar-refractivity contribution in [1.82, 2.24) is 30.1 Å². The smallest absolute Gasteiger partial charge is 0.410 e. The highest BCUT2D eigenvalue weighted by Gasteiger charge is 2.62. The highest BCUT2D eigenvalue weighted by atomic mass is 35.5. The molecule has 5 atom stereocenters. The molecule has 2 aromatic rings. The summed E-state index contributed by atoms with van der Waals surface area (Å²) in [7, 11) is -4.49. The maximum atomic E-state index is 14.4. The van der Waals surface area contributed by atoms with Crippen LogP contribution in [0, 0.1) is 5.92 Å². The van der Waals surface area contributed by atoms with Crippen molar-refractivity contribution in [2.45, 2.75) is 113 Å². The van der Waals surface area contributed by atoms with Crippen molar-refractivity contribution >= 4 is 51.5 Å². The molecule has 0 spiro atoms. The van der Waals surface area contributed by atoms with E-state index >= 15 is 0 Å². The van der Waals surface area contributed by atoms with E-state index in [0.717, 1.165) is 23.7 Å². The number of ether oxygens (including phenoxy) is 2. The summed E-state index contributed by atoms with van der Waals surface area (Å²) in [6.07, 6.45) is 6.56. The molecule has 1 saturated carbocycles. The molecule has 1 aromatic carbocycles. The second-order valence-electron chi connectivity index (χ2n) is 15.1. The van der Waals surface area contributed by atoms with Gasteiger partial charge in [0.1, 0.15) is 34.2 Å². The van der Waals surface area contributed by atoms with Crippen LogP contribution < -0.4 is 15.4 Å². The Bertz CT molecular complexity index is 1930. The fourth-order valence-corrected chi connectivity index (χ4v) is 8.59. The Morgan fingerprint density at radius 1 is 1.06 bits per heavy atom. The summed E-state index contributed by atoms with van der Waals surface area (Å²) in [4.78, 5) is 75.1. The van der Waals surface area contributed by atoms with Gasteiger partial charge in [0.25, 0.3) is 15.9 Å². The number of rotatable bonds is 5. The number of pyridine rings is 1. The van der Waals surface area contributed by atoms with Crippen molar-refractivity contribution in [3.63, 3.8) is 0 Å². The van der Waals surface area contributed by atoms with E-state index in [1.54, 1.807) is 26.8 Å². The Balaban J connectivity index is 1.27. The van der Waals surface area contributed by atoms with Crippen LogP contribution in [-0.4, -0.2) is 89.0 Å². The quantitative estimate of drug-likeness (QED) is 0.374. The second kappa shape index (κ2) is 15.6. The molecule has 290 valence electrons. The topological polar surface area (TPSA) is 193 Å². The predicted octanol–water partition coefficient (Wildman–Crippen LogP) is 3.95. The Morgan fingerprint density at radius 2 is 1.78 bits per heavy atom. The first kappa shape index (κ1) is 39.0. The number of carbonyl (C=O) groups is 5. The third-order valence-electron chi connectivity index (χ3n) is 9.95. The highest BCUT2D eigenvalue weighted by molar-refractivity contribution is 7.90. The first-order chi connectivity index (χ1) is 25.6. The van der Waals surface area contributed by atoms with E-state index in [1.165, 1.54) is 22.1 Å². The van der Waals surface area contributed by atoms with Crippen LogP contribution in [0.3, 0.4) is 0 Å². The normalized spacial score (nSPS) is 26.5. The fraction of sp³-hybridized carbons (Fsp3) is 0.514. The van der Waals surface area contributed by atoms with E-state index < -0.39 is 80.1 Å². The predicted molar refractivity (Wildman–Crippen MR) is 195 cm³/mol. The monoisotopic (exact) mass is 784 g/mol. The number of hydrogen-bond donors (Lipinski definition) is 3. The minimum atomic E-state index is -4.49. The summed E-state index contributed by atoms with van der Waals surface area (Å²) >= 11 is 6.11. The number of nitrogens with zero attached hydrogens (tertiary/aromatic N) is 3. The summed E-state index contributed by atoms with van der Waals surface area (Å²) in [6.45, 7) is 5.62. The Kier molecular flexibility index (Phi) is 11.2. The number of allylic oxidation sites excluding steroid dienone is 1. The lowest BCUT2D eigenvalue weighted by Crippen LogP contribution is -2.58. The number of fused-ring (bicyclic) bond motifs is 3. The highest BCUT2D eigenvalue weighted by Crippen LogP contribution is 2.46. The van der Waals surface area contributed by atoms with Gasteiger partial charge in [-0.25, -0.2) is 22.7 Å².